The second-order valence-corrected chi connectivity index (χ2v) is 7.48. The molecule has 156 valence electrons. The van der Waals surface area contributed by atoms with E-state index in [9.17, 15) is 4.79 Å². The topological polar surface area (TPSA) is 81.9 Å². The molecule has 0 spiro atoms. The molecule has 7 nitrogen and oxygen atoms in total. The SMILES string of the molecule is Cc1cc(C)n(-c2cc(Oc3ccc(NC(=O)c4cccc(Cl)c4)cc3)nc(C)n2)n1. The van der Waals surface area contributed by atoms with Crippen molar-refractivity contribution in [3.8, 4) is 17.4 Å². The van der Waals surface area contributed by atoms with Crippen LogP contribution in [0.2, 0.25) is 5.02 Å². The summed E-state index contributed by atoms with van der Waals surface area (Å²) in [4.78, 5) is 21.2. The summed E-state index contributed by atoms with van der Waals surface area (Å²) < 4.78 is 7.66. The van der Waals surface area contributed by atoms with E-state index in [1.54, 1.807) is 66.2 Å². The van der Waals surface area contributed by atoms with Gasteiger partial charge in [-0.25, -0.2) is 9.67 Å². The molecule has 0 aliphatic rings. The lowest BCUT2D eigenvalue weighted by atomic mass is 10.2. The molecule has 0 atom stereocenters. The predicted molar refractivity (Wildman–Crippen MR) is 119 cm³/mol. The normalized spacial score (nSPS) is 10.7. The Morgan fingerprint density at radius 1 is 1.00 bits per heavy atom. The maximum absolute atomic E-state index is 12.4. The average Bonchev–Trinajstić information content (AvgIpc) is 3.07. The van der Waals surface area contributed by atoms with Gasteiger partial charge in [0, 0.05) is 28.0 Å². The highest BCUT2D eigenvalue weighted by atomic mass is 35.5. The second-order valence-electron chi connectivity index (χ2n) is 7.04. The van der Waals surface area contributed by atoms with Gasteiger partial charge < -0.3 is 10.1 Å². The third-order valence-electron chi connectivity index (χ3n) is 4.45. The van der Waals surface area contributed by atoms with E-state index in [-0.39, 0.29) is 5.91 Å². The molecule has 2 aromatic carbocycles. The molecule has 1 amide bonds. The van der Waals surface area contributed by atoms with E-state index >= 15 is 0 Å². The van der Waals surface area contributed by atoms with E-state index in [1.165, 1.54) is 0 Å². The number of carbonyl (C=O) groups excluding carboxylic acids is 1. The summed E-state index contributed by atoms with van der Waals surface area (Å²) in [6.07, 6.45) is 0. The number of aromatic nitrogens is 4. The summed E-state index contributed by atoms with van der Waals surface area (Å²) in [5, 5.41) is 7.81. The lowest BCUT2D eigenvalue weighted by Crippen LogP contribution is -2.11. The van der Waals surface area contributed by atoms with Crippen molar-refractivity contribution in [2.24, 2.45) is 0 Å². The lowest BCUT2D eigenvalue weighted by molar-refractivity contribution is 0.102. The van der Waals surface area contributed by atoms with Gasteiger partial charge in [0.1, 0.15) is 11.6 Å². The molecule has 0 unspecified atom stereocenters. The zero-order chi connectivity index (χ0) is 22.0. The van der Waals surface area contributed by atoms with Gasteiger partial charge in [0.25, 0.3) is 5.91 Å². The highest BCUT2D eigenvalue weighted by molar-refractivity contribution is 6.31. The van der Waals surface area contributed by atoms with Crippen molar-refractivity contribution in [2.45, 2.75) is 20.8 Å². The van der Waals surface area contributed by atoms with Crippen LogP contribution < -0.4 is 10.1 Å². The van der Waals surface area contributed by atoms with E-state index in [1.807, 2.05) is 19.9 Å². The van der Waals surface area contributed by atoms with Crippen LogP contribution in [0.25, 0.3) is 5.82 Å². The fourth-order valence-electron chi connectivity index (χ4n) is 3.11. The molecule has 8 heteroatoms. The van der Waals surface area contributed by atoms with Crippen LogP contribution in [-0.2, 0) is 0 Å². The van der Waals surface area contributed by atoms with Gasteiger partial charge >= 0.3 is 0 Å². The van der Waals surface area contributed by atoms with Crippen molar-refractivity contribution in [1.82, 2.24) is 19.7 Å². The molecule has 0 fully saturated rings. The van der Waals surface area contributed by atoms with Crippen molar-refractivity contribution in [1.29, 1.82) is 0 Å². The quantitative estimate of drug-likeness (QED) is 0.462. The first-order valence-electron chi connectivity index (χ1n) is 9.61. The van der Waals surface area contributed by atoms with Crippen LogP contribution in [0.4, 0.5) is 5.69 Å². The molecule has 2 heterocycles. The number of aryl methyl sites for hydroxylation is 3. The third-order valence-corrected chi connectivity index (χ3v) is 4.68. The minimum Gasteiger partial charge on any atom is -0.439 e. The molecular weight excluding hydrogens is 414 g/mol. The Kier molecular flexibility index (Phi) is 5.68. The maximum Gasteiger partial charge on any atom is 0.255 e. The molecule has 31 heavy (non-hydrogen) atoms. The Morgan fingerprint density at radius 2 is 1.77 bits per heavy atom. The number of anilines is 1. The summed E-state index contributed by atoms with van der Waals surface area (Å²) in [6.45, 7) is 5.70. The first kappa shape index (κ1) is 20.6. The highest BCUT2D eigenvalue weighted by Gasteiger charge is 2.11. The van der Waals surface area contributed by atoms with Gasteiger partial charge in [-0.3, -0.25) is 4.79 Å². The maximum atomic E-state index is 12.4. The Hall–Kier alpha value is -3.71. The van der Waals surface area contributed by atoms with Crippen molar-refractivity contribution in [3.05, 3.63) is 88.5 Å². The van der Waals surface area contributed by atoms with Crippen LogP contribution in [-0.4, -0.2) is 25.7 Å². The van der Waals surface area contributed by atoms with Crippen molar-refractivity contribution in [2.75, 3.05) is 5.32 Å². The Morgan fingerprint density at radius 3 is 2.45 bits per heavy atom. The molecule has 0 bridgehead atoms. The van der Waals surface area contributed by atoms with Gasteiger partial charge in [0.2, 0.25) is 5.88 Å². The Balaban J connectivity index is 1.49. The largest absolute Gasteiger partial charge is 0.439 e. The van der Waals surface area contributed by atoms with Crippen LogP contribution >= 0.6 is 11.6 Å². The number of nitrogens with one attached hydrogen (secondary N) is 1. The van der Waals surface area contributed by atoms with E-state index in [0.717, 1.165) is 11.4 Å². The average molecular weight is 434 g/mol. The number of nitrogens with zero attached hydrogens (tertiary/aromatic N) is 4. The number of benzene rings is 2. The monoisotopic (exact) mass is 433 g/mol. The number of hydrogen-bond acceptors (Lipinski definition) is 5. The standard InChI is InChI=1S/C23H20ClN5O2/c1-14-11-15(2)29(28-14)21-13-22(26-16(3)25-21)31-20-9-7-19(8-10-20)27-23(30)17-5-4-6-18(24)12-17/h4-13H,1-3H3,(H,27,30). The van der Waals surface area contributed by atoms with Crippen molar-refractivity contribution < 1.29 is 9.53 Å². The first-order valence-corrected chi connectivity index (χ1v) is 9.99. The fourth-order valence-corrected chi connectivity index (χ4v) is 3.30. The molecule has 1 N–H and O–H groups in total. The summed E-state index contributed by atoms with van der Waals surface area (Å²) in [5.74, 6) is 1.96. The Bertz CT molecular complexity index is 1250. The zero-order valence-electron chi connectivity index (χ0n) is 17.3. The van der Waals surface area contributed by atoms with E-state index in [0.29, 0.717) is 39.5 Å². The van der Waals surface area contributed by atoms with Crippen LogP contribution in [0, 0.1) is 20.8 Å². The summed E-state index contributed by atoms with van der Waals surface area (Å²) in [7, 11) is 0. The molecule has 0 aliphatic carbocycles. The molecule has 0 aliphatic heterocycles. The fraction of sp³-hybridized carbons (Fsp3) is 0.130. The molecule has 0 saturated carbocycles. The van der Waals surface area contributed by atoms with Crippen LogP contribution in [0.3, 0.4) is 0 Å². The molecule has 0 saturated heterocycles. The molecule has 0 radical (unpaired) electrons. The lowest BCUT2D eigenvalue weighted by Gasteiger charge is -2.10. The van der Waals surface area contributed by atoms with Gasteiger partial charge in [0.05, 0.1) is 5.69 Å². The number of carbonyl (C=O) groups is 1. The van der Waals surface area contributed by atoms with Crippen molar-refractivity contribution >= 4 is 23.2 Å². The molecule has 4 aromatic rings. The van der Waals surface area contributed by atoms with E-state index in [2.05, 4.69) is 20.4 Å². The van der Waals surface area contributed by atoms with Crippen LogP contribution in [0.15, 0.2) is 60.7 Å². The van der Waals surface area contributed by atoms with Gasteiger partial charge in [-0.1, -0.05) is 17.7 Å². The van der Waals surface area contributed by atoms with Crippen LogP contribution in [0.1, 0.15) is 27.6 Å². The van der Waals surface area contributed by atoms with Crippen molar-refractivity contribution in [3.63, 3.8) is 0 Å². The summed E-state index contributed by atoms with van der Waals surface area (Å²) in [6, 6.07) is 17.5. The number of amides is 1. The smallest absolute Gasteiger partial charge is 0.255 e. The van der Waals surface area contributed by atoms with Gasteiger partial charge in [-0.05, 0) is 69.3 Å². The minimum absolute atomic E-state index is 0.239. The molecule has 4 rings (SSSR count). The van der Waals surface area contributed by atoms with Gasteiger partial charge in [0.15, 0.2) is 5.82 Å². The van der Waals surface area contributed by atoms with Gasteiger partial charge in [-0.15, -0.1) is 0 Å². The first-order chi connectivity index (χ1) is 14.9. The molecular formula is C23H20ClN5O2. The predicted octanol–water partition coefficient (Wildman–Crippen LogP) is 5.29. The highest BCUT2D eigenvalue weighted by Crippen LogP contribution is 2.24. The molecule has 2 aromatic heterocycles. The van der Waals surface area contributed by atoms with Crippen LogP contribution in [0.5, 0.6) is 11.6 Å². The number of halogens is 1. The van der Waals surface area contributed by atoms with Gasteiger partial charge in [-0.2, -0.15) is 10.1 Å². The number of hydrogen-bond donors (Lipinski definition) is 1. The van der Waals surface area contributed by atoms with E-state index < -0.39 is 0 Å². The minimum atomic E-state index is -0.239. The third kappa shape index (κ3) is 4.90. The Labute approximate surface area is 184 Å². The number of rotatable bonds is 5. The zero-order valence-corrected chi connectivity index (χ0v) is 18.0. The second kappa shape index (κ2) is 8.57. The summed E-state index contributed by atoms with van der Waals surface area (Å²) >= 11 is 5.95. The van der Waals surface area contributed by atoms with E-state index in [4.69, 9.17) is 16.3 Å². The summed E-state index contributed by atoms with van der Waals surface area (Å²) in [5.41, 5.74) is 3.01. The number of ether oxygens (including phenoxy) is 1.